The molecule has 1 aromatic carbocycles. The van der Waals surface area contributed by atoms with Gasteiger partial charge in [0, 0.05) is 11.8 Å². The lowest BCUT2D eigenvalue weighted by atomic mass is 10.2. The molecule has 1 unspecified atom stereocenters. The molecule has 0 aliphatic rings. The van der Waals surface area contributed by atoms with Gasteiger partial charge in [0.2, 0.25) is 5.91 Å². The average Bonchev–Trinajstić information content (AvgIpc) is 2.43. The molecule has 0 radical (unpaired) electrons. The Balaban J connectivity index is 2.23. The number of nitrogens with one attached hydrogen (secondary N) is 1. The summed E-state index contributed by atoms with van der Waals surface area (Å²) in [6.45, 7) is 5.29. The SMILES string of the molecule is Cc1cc(=O)n(C(C)C(=O)Nc2ccccc2)nc1C. The van der Waals surface area contributed by atoms with Gasteiger partial charge < -0.3 is 5.32 Å². The van der Waals surface area contributed by atoms with Crippen LogP contribution in [0.4, 0.5) is 5.69 Å². The van der Waals surface area contributed by atoms with E-state index in [1.807, 2.05) is 32.0 Å². The number of nitrogens with zero attached hydrogens (tertiary/aromatic N) is 2. The van der Waals surface area contributed by atoms with Gasteiger partial charge in [0.1, 0.15) is 6.04 Å². The lowest BCUT2D eigenvalue weighted by molar-refractivity contribution is -0.119. The minimum atomic E-state index is -0.665. The van der Waals surface area contributed by atoms with Crippen molar-refractivity contribution in [1.29, 1.82) is 0 Å². The van der Waals surface area contributed by atoms with E-state index >= 15 is 0 Å². The van der Waals surface area contributed by atoms with Gasteiger partial charge in [-0.15, -0.1) is 0 Å². The van der Waals surface area contributed by atoms with Crippen molar-refractivity contribution in [2.75, 3.05) is 5.32 Å². The van der Waals surface area contributed by atoms with E-state index in [4.69, 9.17) is 0 Å². The molecule has 5 nitrogen and oxygen atoms in total. The van der Waals surface area contributed by atoms with Crippen molar-refractivity contribution >= 4 is 11.6 Å². The molecular weight excluding hydrogens is 254 g/mol. The normalized spacial score (nSPS) is 11.9. The summed E-state index contributed by atoms with van der Waals surface area (Å²) in [6.07, 6.45) is 0. The Hall–Kier alpha value is -2.43. The molecule has 0 aliphatic heterocycles. The number of carbonyl (C=O) groups excluding carboxylic acids is 1. The number of rotatable bonds is 3. The molecular formula is C15H17N3O2. The number of hydrogen-bond acceptors (Lipinski definition) is 3. The second kappa shape index (κ2) is 5.69. The molecule has 0 bridgehead atoms. The number of hydrogen-bond donors (Lipinski definition) is 1. The van der Waals surface area contributed by atoms with Crippen molar-refractivity contribution in [1.82, 2.24) is 9.78 Å². The zero-order valence-electron chi connectivity index (χ0n) is 11.8. The minimum absolute atomic E-state index is 0.269. The number of para-hydroxylation sites is 1. The van der Waals surface area contributed by atoms with Crippen molar-refractivity contribution in [3.05, 3.63) is 58.0 Å². The quantitative estimate of drug-likeness (QED) is 0.929. The van der Waals surface area contributed by atoms with Gasteiger partial charge in [0.15, 0.2) is 0 Å². The molecule has 0 saturated heterocycles. The average molecular weight is 271 g/mol. The molecule has 1 N–H and O–H groups in total. The zero-order valence-corrected chi connectivity index (χ0v) is 11.8. The van der Waals surface area contributed by atoms with E-state index in [1.165, 1.54) is 10.7 Å². The highest BCUT2D eigenvalue weighted by molar-refractivity contribution is 5.93. The van der Waals surface area contributed by atoms with E-state index < -0.39 is 6.04 Å². The molecule has 2 aromatic rings. The van der Waals surface area contributed by atoms with Gasteiger partial charge in [-0.25, -0.2) is 4.68 Å². The van der Waals surface area contributed by atoms with E-state index in [9.17, 15) is 9.59 Å². The second-order valence-electron chi connectivity index (χ2n) is 4.73. The fourth-order valence-corrected chi connectivity index (χ4v) is 1.80. The number of benzene rings is 1. The predicted molar refractivity (Wildman–Crippen MR) is 77.8 cm³/mol. The standard InChI is InChI=1S/C15H17N3O2/c1-10-9-14(19)18(17-11(10)2)12(3)15(20)16-13-7-5-4-6-8-13/h4-9,12H,1-3H3,(H,16,20). The maximum atomic E-state index is 12.2. The third kappa shape index (κ3) is 2.93. The Labute approximate surface area is 117 Å². The summed E-state index contributed by atoms with van der Waals surface area (Å²) in [4.78, 5) is 24.1. The third-order valence-corrected chi connectivity index (χ3v) is 3.18. The first kappa shape index (κ1) is 14.0. The van der Waals surface area contributed by atoms with Crippen molar-refractivity contribution < 1.29 is 4.79 Å². The monoisotopic (exact) mass is 271 g/mol. The molecule has 5 heteroatoms. The molecule has 1 amide bonds. The van der Waals surface area contributed by atoms with Crippen molar-refractivity contribution in [3.8, 4) is 0 Å². The highest BCUT2D eigenvalue weighted by atomic mass is 16.2. The van der Waals surface area contributed by atoms with Gasteiger partial charge >= 0.3 is 0 Å². The summed E-state index contributed by atoms with van der Waals surface area (Å²) in [5.74, 6) is -0.269. The fourth-order valence-electron chi connectivity index (χ4n) is 1.80. The van der Waals surface area contributed by atoms with Crippen molar-refractivity contribution in [2.24, 2.45) is 0 Å². The largest absolute Gasteiger partial charge is 0.324 e. The van der Waals surface area contributed by atoms with Crippen LogP contribution in [0, 0.1) is 13.8 Å². The highest BCUT2D eigenvalue weighted by Crippen LogP contribution is 2.10. The Bertz CT molecular complexity index is 677. The first-order valence-electron chi connectivity index (χ1n) is 6.42. The van der Waals surface area contributed by atoms with Crippen LogP contribution in [0.1, 0.15) is 24.2 Å². The van der Waals surface area contributed by atoms with Gasteiger partial charge in [-0.3, -0.25) is 9.59 Å². The van der Waals surface area contributed by atoms with Crippen LogP contribution >= 0.6 is 0 Å². The number of aryl methyl sites for hydroxylation is 2. The lowest BCUT2D eigenvalue weighted by Crippen LogP contribution is -2.33. The summed E-state index contributed by atoms with van der Waals surface area (Å²) in [6, 6.07) is 9.95. The summed E-state index contributed by atoms with van der Waals surface area (Å²) >= 11 is 0. The Morgan fingerprint density at radius 3 is 2.55 bits per heavy atom. The molecule has 20 heavy (non-hydrogen) atoms. The molecule has 1 heterocycles. The molecule has 1 atom stereocenters. The van der Waals surface area contributed by atoms with Crippen LogP contribution in [-0.2, 0) is 4.79 Å². The van der Waals surface area contributed by atoms with Gasteiger partial charge in [0.25, 0.3) is 5.56 Å². The maximum Gasteiger partial charge on any atom is 0.267 e. The first-order valence-corrected chi connectivity index (χ1v) is 6.42. The van der Waals surface area contributed by atoms with Crippen molar-refractivity contribution in [2.45, 2.75) is 26.8 Å². The van der Waals surface area contributed by atoms with Crippen LogP contribution < -0.4 is 10.9 Å². The summed E-state index contributed by atoms with van der Waals surface area (Å²) in [5.41, 5.74) is 1.98. The number of amides is 1. The molecule has 0 fully saturated rings. The van der Waals surface area contributed by atoms with E-state index in [1.54, 1.807) is 19.1 Å². The van der Waals surface area contributed by atoms with Crippen LogP contribution in [0.15, 0.2) is 41.2 Å². The van der Waals surface area contributed by atoms with E-state index in [2.05, 4.69) is 10.4 Å². The minimum Gasteiger partial charge on any atom is -0.324 e. The summed E-state index contributed by atoms with van der Waals surface area (Å²) in [5, 5.41) is 6.94. The molecule has 0 aliphatic carbocycles. The van der Waals surface area contributed by atoms with Crippen LogP contribution in [-0.4, -0.2) is 15.7 Å². The number of carbonyl (C=O) groups is 1. The molecule has 104 valence electrons. The molecule has 1 aromatic heterocycles. The van der Waals surface area contributed by atoms with Crippen LogP contribution in [0.5, 0.6) is 0 Å². The molecule has 2 rings (SSSR count). The van der Waals surface area contributed by atoms with Gasteiger partial charge in [0.05, 0.1) is 5.69 Å². The summed E-state index contributed by atoms with van der Waals surface area (Å²) < 4.78 is 1.21. The predicted octanol–water partition coefficient (Wildman–Crippen LogP) is 2.06. The van der Waals surface area contributed by atoms with Crippen LogP contribution in [0.25, 0.3) is 0 Å². The lowest BCUT2D eigenvalue weighted by Gasteiger charge is -2.15. The van der Waals surface area contributed by atoms with Crippen LogP contribution in [0.3, 0.4) is 0 Å². The number of anilines is 1. The van der Waals surface area contributed by atoms with Crippen LogP contribution in [0.2, 0.25) is 0 Å². The maximum absolute atomic E-state index is 12.2. The summed E-state index contributed by atoms with van der Waals surface area (Å²) in [7, 11) is 0. The second-order valence-corrected chi connectivity index (χ2v) is 4.73. The molecule has 0 saturated carbocycles. The zero-order chi connectivity index (χ0) is 14.7. The van der Waals surface area contributed by atoms with E-state index in [0.717, 1.165) is 11.3 Å². The van der Waals surface area contributed by atoms with Gasteiger partial charge in [-0.1, -0.05) is 18.2 Å². The number of aromatic nitrogens is 2. The Morgan fingerprint density at radius 2 is 1.90 bits per heavy atom. The Kier molecular flexibility index (Phi) is 3.98. The van der Waals surface area contributed by atoms with Gasteiger partial charge in [-0.2, -0.15) is 5.10 Å². The highest BCUT2D eigenvalue weighted by Gasteiger charge is 2.18. The van der Waals surface area contributed by atoms with E-state index in [0.29, 0.717) is 5.69 Å². The smallest absolute Gasteiger partial charge is 0.267 e. The Morgan fingerprint density at radius 1 is 1.25 bits per heavy atom. The first-order chi connectivity index (χ1) is 9.49. The van der Waals surface area contributed by atoms with Crippen molar-refractivity contribution in [3.63, 3.8) is 0 Å². The molecule has 0 spiro atoms. The topological polar surface area (TPSA) is 64.0 Å². The van der Waals surface area contributed by atoms with E-state index in [-0.39, 0.29) is 11.5 Å². The fraction of sp³-hybridized carbons (Fsp3) is 0.267. The van der Waals surface area contributed by atoms with Gasteiger partial charge in [-0.05, 0) is 38.5 Å². The third-order valence-electron chi connectivity index (χ3n) is 3.18.